The summed E-state index contributed by atoms with van der Waals surface area (Å²) >= 11 is 7.52. The van der Waals surface area contributed by atoms with Crippen LogP contribution in [0.3, 0.4) is 0 Å². The van der Waals surface area contributed by atoms with Crippen molar-refractivity contribution in [2.75, 3.05) is 19.8 Å². The minimum atomic E-state index is -1.37. The molecule has 0 aromatic carbocycles. The molecule has 8 atom stereocenters. The molecule has 0 aliphatic carbocycles. The van der Waals surface area contributed by atoms with E-state index in [1.165, 1.54) is 17.3 Å². The van der Waals surface area contributed by atoms with Gasteiger partial charge in [-0.1, -0.05) is 25.0 Å². The maximum Gasteiger partial charge on any atom is 0.241 e. The zero-order chi connectivity index (χ0) is 20.3. The molecular weight excluding hydrogens is 427 g/mol. The van der Waals surface area contributed by atoms with Gasteiger partial charge < -0.3 is 25.4 Å². The van der Waals surface area contributed by atoms with Gasteiger partial charge in [-0.2, -0.15) is 0 Å². The van der Waals surface area contributed by atoms with E-state index in [1.807, 2.05) is 18.0 Å². The number of aliphatic hydroxyl groups is 3. The minimum Gasteiger partial charge on any atom is -0.388 e. The zero-order valence-electron chi connectivity index (χ0n) is 16.6. The second-order valence-electron chi connectivity index (χ2n) is 7.32. The van der Waals surface area contributed by atoms with Crippen molar-refractivity contribution in [3.8, 4) is 0 Å². The molecule has 0 radical (unpaired) electrons. The molecule has 1 saturated heterocycles. The zero-order valence-corrected chi connectivity index (χ0v) is 19.0. The third kappa shape index (κ3) is 5.76. The monoisotopic (exact) mass is 458 g/mol. The quantitative estimate of drug-likeness (QED) is 0.329. The molecule has 0 aromatic rings. The van der Waals surface area contributed by atoms with Crippen molar-refractivity contribution in [1.82, 2.24) is 10.2 Å². The van der Waals surface area contributed by atoms with Crippen LogP contribution in [0.4, 0.5) is 0 Å². The normalized spacial score (nSPS) is 35.6. The molecular formula is C18H32Cl2N2O5S. The van der Waals surface area contributed by atoms with Gasteiger partial charge in [0, 0.05) is 6.54 Å². The van der Waals surface area contributed by atoms with Crippen LogP contribution in [0.1, 0.15) is 26.7 Å². The van der Waals surface area contributed by atoms with E-state index in [0.717, 1.165) is 19.4 Å². The predicted octanol–water partition coefficient (Wildman–Crippen LogP) is 0.731. The topological polar surface area (TPSA) is 102 Å². The number of rotatable bonds is 7. The summed E-state index contributed by atoms with van der Waals surface area (Å²) < 4.78 is 5.78. The summed E-state index contributed by atoms with van der Waals surface area (Å²) in [5, 5.41) is 32.9. The summed E-state index contributed by atoms with van der Waals surface area (Å²) in [5.74, 6) is -0.224. The second kappa shape index (κ2) is 11.4. The van der Waals surface area contributed by atoms with Crippen molar-refractivity contribution in [3.63, 3.8) is 0 Å². The highest BCUT2D eigenvalue weighted by Gasteiger charge is 2.48. The number of halogens is 2. The molecule has 2 rings (SSSR count). The Balaban J connectivity index is 0.00000392. The van der Waals surface area contributed by atoms with Crippen LogP contribution in [-0.2, 0) is 9.53 Å². The van der Waals surface area contributed by atoms with Gasteiger partial charge in [-0.05, 0) is 26.6 Å². The van der Waals surface area contributed by atoms with Crippen LogP contribution in [0.5, 0.6) is 0 Å². The van der Waals surface area contributed by atoms with Gasteiger partial charge in [0.05, 0.1) is 11.4 Å². The number of likely N-dealkylation sites (N-methyl/N-ethyl adjacent to an activating group) is 1. The first kappa shape index (κ1) is 26.0. The molecule has 0 saturated carbocycles. The van der Waals surface area contributed by atoms with Crippen molar-refractivity contribution in [1.29, 1.82) is 0 Å². The Morgan fingerprint density at radius 1 is 1.39 bits per heavy atom. The molecule has 2 heterocycles. The number of alkyl halides is 1. The Labute approximate surface area is 182 Å². The van der Waals surface area contributed by atoms with Crippen LogP contribution < -0.4 is 5.32 Å². The van der Waals surface area contributed by atoms with Gasteiger partial charge in [0.2, 0.25) is 5.91 Å². The number of hydrogen-bond acceptors (Lipinski definition) is 7. The van der Waals surface area contributed by atoms with Crippen LogP contribution >= 0.6 is 35.8 Å². The Hall–Kier alpha value is -0.0600. The molecule has 1 amide bonds. The highest BCUT2D eigenvalue weighted by Crippen LogP contribution is 2.30. The number of carbonyl (C=O) groups excluding carboxylic acids is 1. The van der Waals surface area contributed by atoms with E-state index in [2.05, 4.69) is 12.2 Å². The number of aliphatic hydroxyl groups excluding tert-OH is 3. The molecule has 0 aromatic heterocycles. The lowest BCUT2D eigenvalue weighted by Crippen LogP contribution is -2.65. The van der Waals surface area contributed by atoms with Crippen LogP contribution in [-0.4, -0.2) is 93.3 Å². The highest BCUT2D eigenvalue weighted by atomic mass is 35.5. The molecule has 1 fully saturated rings. The number of thioether (sulfide) groups is 1. The summed E-state index contributed by atoms with van der Waals surface area (Å²) in [5.41, 5.74) is 0.513. The molecule has 10 heteroatoms. The largest absolute Gasteiger partial charge is 0.388 e. The van der Waals surface area contributed by atoms with Gasteiger partial charge in [-0.25, -0.2) is 0 Å². The molecule has 2 aliphatic heterocycles. The van der Waals surface area contributed by atoms with Crippen LogP contribution in [0, 0.1) is 0 Å². The lowest BCUT2D eigenvalue weighted by atomic mass is 9.93. The van der Waals surface area contributed by atoms with E-state index in [1.54, 1.807) is 13.2 Å². The molecule has 164 valence electrons. The van der Waals surface area contributed by atoms with E-state index < -0.39 is 47.3 Å². The number of hydrogen-bond donors (Lipinski definition) is 4. The first-order valence-corrected chi connectivity index (χ1v) is 11.0. The van der Waals surface area contributed by atoms with E-state index in [-0.39, 0.29) is 18.3 Å². The van der Waals surface area contributed by atoms with Crippen molar-refractivity contribution in [2.24, 2.45) is 0 Å². The molecule has 4 N–H and O–H groups in total. The SMILES string of the molecule is CCCC1=C[C@H](C(=O)N[C@@H]([C@H]2O[C@H](SC)[C@H](O)[C@@H](O)[C@H]2O)[C@H](C)Cl)N(C)C1.Cl. The second-order valence-corrected chi connectivity index (χ2v) is 8.95. The minimum absolute atomic E-state index is 0. The average Bonchev–Trinajstić information content (AvgIpc) is 2.99. The summed E-state index contributed by atoms with van der Waals surface area (Å²) in [6.45, 7) is 4.54. The third-order valence-corrected chi connectivity index (χ3v) is 6.28. The molecule has 2 aliphatic rings. The summed E-state index contributed by atoms with van der Waals surface area (Å²) in [6.07, 6.45) is 0.804. The maximum atomic E-state index is 12.9. The van der Waals surface area contributed by atoms with E-state index in [9.17, 15) is 20.1 Å². The number of carbonyl (C=O) groups is 1. The molecule has 0 spiro atoms. The van der Waals surface area contributed by atoms with Crippen molar-refractivity contribution < 1.29 is 24.9 Å². The smallest absolute Gasteiger partial charge is 0.241 e. The predicted molar refractivity (Wildman–Crippen MR) is 114 cm³/mol. The number of ether oxygens (including phenoxy) is 1. The van der Waals surface area contributed by atoms with Crippen molar-refractivity contribution in [2.45, 2.75) is 74.0 Å². The Morgan fingerprint density at radius 2 is 2.04 bits per heavy atom. The standard InChI is InChI=1S/C18H31ClN2O5S.ClH/c1-5-6-10-7-11(21(3)8-10)17(25)20-12(9(2)19)16-14(23)13(22)15(24)18(26-16)27-4;/h7,9,11-16,18,22-24H,5-6,8H2,1-4H3,(H,20,25);1H/t9-,11+,12+,13-,14+,15+,16+,18+;/m0./s1. The first-order valence-electron chi connectivity index (χ1n) is 9.27. The molecule has 0 bridgehead atoms. The highest BCUT2D eigenvalue weighted by molar-refractivity contribution is 7.99. The van der Waals surface area contributed by atoms with Gasteiger partial charge in [0.1, 0.15) is 35.9 Å². The maximum absolute atomic E-state index is 12.9. The van der Waals surface area contributed by atoms with Gasteiger partial charge in [-0.3, -0.25) is 9.69 Å². The fourth-order valence-electron chi connectivity index (χ4n) is 3.65. The van der Waals surface area contributed by atoms with E-state index in [4.69, 9.17) is 16.3 Å². The fourth-order valence-corrected chi connectivity index (χ4v) is 4.54. The fraction of sp³-hybridized carbons (Fsp3) is 0.833. The van der Waals surface area contributed by atoms with Gasteiger partial charge in [0.25, 0.3) is 0 Å². The van der Waals surface area contributed by atoms with Crippen molar-refractivity contribution in [3.05, 3.63) is 11.6 Å². The summed E-state index contributed by atoms with van der Waals surface area (Å²) in [6, 6.07) is -1.12. The van der Waals surface area contributed by atoms with Gasteiger partial charge in [0.15, 0.2) is 0 Å². The van der Waals surface area contributed by atoms with Crippen LogP contribution in [0.25, 0.3) is 0 Å². The molecule has 28 heavy (non-hydrogen) atoms. The summed E-state index contributed by atoms with van der Waals surface area (Å²) in [4.78, 5) is 14.8. The Kier molecular flexibility index (Phi) is 10.5. The lowest BCUT2D eigenvalue weighted by Gasteiger charge is -2.44. The number of amides is 1. The number of nitrogens with one attached hydrogen (secondary N) is 1. The van der Waals surface area contributed by atoms with Gasteiger partial charge in [-0.15, -0.1) is 35.8 Å². The van der Waals surface area contributed by atoms with Gasteiger partial charge >= 0.3 is 0 Å². The van der Waals surface area contributed by atoms with E-state index >= 15 is 0 Å². The van der Waals surface area contributed by atoms with Crippen LogP contribution in [0.2, 0.25) is 0 Å². The third-order valence-electron chi connectivity index (χ3n) is 5.16. The molecule has 7 nitrogen and oxygen atoms in total. The Morgan fingerprint density at radius 3 is 2.57 bits per heavy atom. The van der Waals surface area contributed by atoms with Crippen molar-refractivity contribution >= 4 is 41.7 Å². The molecule has 0 unspecified atom stereocenters. The van der Waals surface area contributed by atoms with Crippen LogP contribution in [0.15, 0.2) is 11.6 Å². The number of nitrogens with zero attached hydrogens (tertiary/aromatic N) is 1. The Bertz CT molecular complexity index is 552. The average molecular weight is 459 g/mol. The summed E-state index contributed by atoms with van der Waals surface area (Å²) in [7, 11) is 1.89. The first-order chi connectivity index (χ1) is 12.7. The van der Waals surface area contributed by atoms with E-state index in [0.29, 0.717) is 0 Å². The lowest BCUT2D eigenvalue weighted by molar-refractivity contribution is -0.205.